The van der Waals surface area contributed by atoms with E-state index in [0.717, 1.165) is 24.2 Å². The van der Waals surface area contributed by atoms with E-state index in [0.29, 0.717) is 18.7 Å². The first kappa shape index (κ1) is 14.3. The molecule has 1 aromatic carbocycles. The number of carbonyl (C=O) groups is 2. The van der Waals surface area contributed by atoms with Gasteiger partial charge in [0.15, 0.2) is 0 Å². The van der Waals surface area contributed by atoms with E-state index < -0.39 is 0 Å². The summed E-state index contributed by atoms with van der Waals surface area (Å²) in [6.07, 6.45) is 1.53. The molecule has 0 radical (unpaired) electrons. The first-order chi connectivity index (χ1) is 10.6. The minimum Gasteiger partial charge on any atom is -0.351 e. The molecule has 0 atom stereocenters. The second-order valence-electron chi connectivity index (χ2n) is 5.33. The van der Waals surface area contributed by atoms with Crippen molar-refractivity contribution in [1.29, 1.82) is 0 Å². The summed E-state index contributed by atoms with van der Waals surface area (Å²) in [7, 11) is 0. The summed E-state index contributed by atoms with van der Waals surface area (Å²) in [4.78, 5) is 25.3. The van der Waals surface area contributed by atoms with Gasteiger partial charge in [-0.1, -0.05) is 17.3 Å². The van der Waals surface area contributed by atoms with Gasteiger partial charge in [-0.2, -0.15) is 0 Å². The van der Waals surface area contributed by atoms with E-state index in [4.69, 9.17) is 4.52 Å². The van der Waals surface area contributed by atoms with Crippen LogP contribution in [-0.2, 0) is 11.3 Å². The maximum atomic E-state index is 11.9. The molecule has 2 heterocycles. The Morgan fingerprint density at radius 1 is 1.36 bits per heavy atom. The summed E-state index contributed by atoms with van der Waals surface area (Å²) in [5.74, 6) is 0.0814. The van der Waals surface area contributed by atoms with Crippen LogP contribution in [0.25, 0.3) is 0 Å². The predicted octanol–water partition coefficient (Wildman–Crippen LogP) is 2.04. The summed E-state index contributed by atoms with van der Waals surface area (Å²) < 4.78 is 4.91. The number of anilines is 1. The third kappa shape index (κ3) is 3.00. The van der Waals surface area contributed by atoms with E-state index in [2.05, 4.69) is 10.5 Å². The molecule has 1 saturated heterocycles. The normalized spacial score (nSPS) is 14.4. The highest BCUT2D eigenvalue weighted by atomic mass is 16.5. The van der Waals surface area contributed by atoms with Crippen LogP contribution in [-0.4, -0.2) is 23.5 Å². The van der Waals surface area contributed by atoms with Crippen LogP contribution < -0.4 is 10.2 Å². The van der Waals surface area contributed by atoms with Crippen molar-refractivity contribution in [2.24, 2.45) is 0 Å². The molecular weight excluding hydrogens is 282 g/mol. The van der Waals surface area contributed by atoms with Gasteiger partial charge in [0.25, 0.3) is 5.91 Å². The Kier molecular flexibility index (Phi) is 3.91. The van der Waals surface area contributed by atoms with Crippen LogP contribution in [0.3, 0.4) is 0 Å². The van der Waals surface area contributed by atoms with Gasteiger partial charge in [-0.3, -0.25) is 9.59 Å². The molecule has 0 unspecified atom stereocenters. The molecule has 6 nitrogen and oxygen atoms in total. The number of carbonyl (C=O) groups excluding carboxylic acids is 2. The molecule has 22 heavy (non-hydrogen) atoms. The Labute approximate surface area is 128 Å². The summed E-state index contributed by atoms with van der Waals surface area (Å²) in [6.45, 7) is 2.94. The van der Waals surface area contributed by atoms with Crippen LogP contribution in [0.15, 0.2) is 34.9 Å². The van der Waals surface area contributed by atoms with Crippen molar-refractivity contribution in [2.45, 2.75) is 26.3 Å². The molecule has 1 aliphatic heterocycles. The first-order valence-corrected chi connectivity index (χ1v) is 7.24. The average molecular weight is 299 g/mol. The Hall–Kier alpha value is -2.63. The summed E-state index contributed by atoms with van der Waals surface area (Å²) in [5.41, 5.74) is 2.54. The van der Waals surface area contributed by atoms with Crippen LogP contribution in [0.1, 0.15) is 34.7 Å². The molecule has 2 aromatic rings. The smallest absolute Gasteiger partial charge is 0.290 e. The van der Waals surface area contributed by atoms with E-state index in [1.165, 1.54) is 0 Å². The zero-order valence-corrected chi connectivity index (χ0v) is 12.3. The standard InChI is InChI=1S/C16H17N3O3/c1-11-9-14(22-18-11)16(21)17-10-12-4-6-13(7-5-12)19-8-2-3-15(19)20/h4-7,9H,2-3,8,10H2,1H3,(H,17,21). The Morgan fingerprint density at radius 2 is 2.14 bits per heavy atom. The lowest BCUT2D eigenvalue weighted by Crippen LogP contribution is -2.24. The third-order valence-electron chi connectivity index (χ3n) is 3.63. The molecule has 0 aliphatic carbocycles. The molecule has 0 bridgehead atoms. The van der Waals surface area contributed by atoms with E-state index in [1.54, 1.807) is 17.9 Å². The van der Waals surface area contributed by atoms with Crippen molar-refractivity contribution in [3.05, 3.63) is 47.3 Å². The lowest BCUT2D eigenvalue weighted by Gasteiger charge is -2.15. The minimum atomic E-state index is -0.292. The van der Waals surface area contributed by atoms with Crippen LogP contribution in [0, 0.1) is 6.92 Å². The van der Waals surface area contributed by atoms with Gasteiger partial charge in [-0.25, -0.2) is 0 Å². The van der Waals surface area contributed by atoms with Gasteiger partial charge < -0.3 is 14.7 Å². The predicted molar refractivity (Wildman–Crippen MR) is 80.4 cm³/mol. The van der Waals surface area contributed by atoms with Crippen molar-refractivity contribution in [3.63, 3.8) is 0 Å². The molecule has 2 amide bonds. The van der Waals surface area contributed by atoms with Crippen LogP contribution in [0.5, 0.6) is 0 Å². The zero-order chi connectivity index (χ0) is 15.5. The first-order valence-electron chi connectivity index (χ1n) is 7.24. The van der Waals surface area contributed by atoms with Gasteiger partial charge in [0.1, 0.15) is 0 Å². The van der Waals surface area contributed by atoms with Crippen molar-refractivity contribution in [1.82, 2.24) is 10.5 Å². The summed E-state index contributed by atoms with van der Waals surface area (Å²) >= 11 is 0. The summed E-state index contributed by atoms with van der Waals surface area (Å²) in [6, 6.07) is 9.23. The van der Waals surface area contributed by atoms with Gasteiger partial charge in [0.2, 0.25) is 11.7 Å². The molecule has 0 spiro atoms. The Morgan fingerprint density at radius 3 is 2.73 bits per heavy atom. The molecule has 1 fully saturated rings. The van der Waals surface area contributed by atoms with E-state index in [1.807, 2.05) is 24.3 Å². The molecular formula is C16H17N3O3. The molecule has 1 aromatic heterocycles. The lowest BCUT2D eigenvalue weighted by molar-refractivity contribution is -0.117. The quantitative estimate of drug-likeness (QED) is 0.937. The number of rotatable bonds is 4. The van der Waals surface area contributed by atoms with E-state index in [9.17, 15) is 9.59 Å². The molecule has 1 aliphatic rings. The second kappa shape index (κ2) is 6.01. The third-order valence-corrected chi connectivity index (χ3v) is 3.63. The Balaban J connectivity index is 1.59. The Bertz CT molecular complexity index is 691. The molecule has 6 heteroatoms. The molecule has 114 valence electrons. The second-order valence-corrected chi connectivity index (χ2v) is 5.33. The van der Waals surface area contributed by atoms with Gasteiger partial charge in [0.05, 0.1) is 5.69 Å². The summed E-state index contributed by atoms with van der Waals surface area (Å²) in [5, 5.41) is 6.46. The highest BCUT2D eigenvalue weighted by molar-refractivity contribution is 5.95. The van der Waals surface area contributed by atoms with Crippen LogP contribution >= 0.6 is 0 Å². The van der Waals surface area contributed by atoms with Crippen molar-refractivity contribution in [3.8, 4) is 0 Å². The zero-order valence-electron chi connectivity index (χ0n) is 12.3. The minimum absolute atomic E-state index is 0.168. The SMILES string of the molecule is Cc1cc(C(=O)NCc2ccc(N3CCCC3=O)cc2)on1. The number of nitrogens with zero attached hydrogens (tertiary/aromatic N) is 2. The monoisotopic (exact) mass is 299 g/mol. The number of amides is 2. The number of nitrogens with one attached hydrogen (secondary N) is 1. The maximum Gasteiger partial charge on any atom is 0.290 e. The number of aromatic nitrogens is 1. The van der Waals surface area contributed by atoms with Gasteiger partial charge in [-0.05, 0) is 31.0 Å². The van der Waals surface area contributed by atoms with Gasteiger partial charge >= 0.3 is 0 Å². The van der Waals surface area contributed by atoms with Crippen molar-refractivity contribution >= 4 is 17.5 Å². The highest BCUT2D eigenvalue weighted by Gasteiger charge is 2.21. The highest BCUT2D eigenvalue weighted by Crippen LogP contribution is 2.21. The van der Waals surface area contributed by atoms with Gasteiger partial charge in [0, 0.05) is 31.3 Å². The largest absolute Gasteiger partial charge is 0.351 e. The average Bonchev–Trinajstić information content (AvgIpc) is 3.14. The number of benzene rings is 1. The van der Waals surface area contributed by atoms with Crippen LogP contribution in [0.2, 0.25) is 0 Å². The number of hydrogen-bond acceptors (Lipinski definition) is 4. The molecule has 1 N–H and O–H groups in total. The van der Waals surface area contributed by atoms with Crippen molar-refractivity contribution in [2.75, 3.05) is 11.4 Å². The van der Waals surface area contributed by atoms with E-state index >= 15 is 0 Å². The van der Waals surface area contributed by atoms with Crippen molar-refractivity contribution < 1.29 is 14.1 Å². The lowest BCUT2D eigenvalue weighted by atomic mass is 10.2. The van der Waals surface area contributed by atoms with Gasteiger partial charge in [-0.15, -0.1) is 0 Å². The fraction of sp³-hybridized carbons (Fsp3) is 0.312. The van der Waals surface area contributed by atoms with Crippen LogP contribution in [0.4, 0.5) is 5.69 Å². The van der Waals surface area contributed by atoms with E-state index in [-0.39, 0.29) is 17.6 Å². The number of hydrogen-bond donors (Lipinski definition) is 1. The fourth-order valence-corrected chi connectivity index (χ4v) is 2.45. The topological polar surface area (TPSA) is 75.4 Å². The molecule has 0 saturated carbocycles. The maximum absolute atomic E-state index is 11.9. The molecule has 3 rings (SSSR count). The number of aryl methyl sites for hydroxylation is 1. The fourth-order valence-electron chi connectivity index (χ4n) is 2.45.